The van der Waals surface area contributed by atoms with Crippen LogP contribution in [0.15, 0.2) is 24.3 Å². The number of nitriles is 1. The minimum absolute atomic E-state index is 0.00952. The predicted molar refractivity (Wildman–Crippen MR) is 99.7 cm³/mol. The molecule has 4 nitrogen and oxygen atoms in total. The first-order valence-electron chi connectivity index (χ1n) is 8.88. The standard InChI is InChI=1S/C20H21N3OS/c21-12-17-16-6-3-7-18(16)25-20(17)22-19(24)9-11-23-10-8-14-4-1-2-5-15(14)13-23/h1-2,4-5H,3,6-11,13H2,(H,22,24). The van der Waals surface area contributed by atoms with E-state index in [-0.39, 0.29) is 5.91 Å². The van der Waals surface area contributed by atoms with E-state index < -0.39 is 0 Å². The molecule has 1 aromatic carbocycles. The number of amides is 1. The Labute approximate surface area is 152 Å². The van der Waals surface area contributed by atoms with Crippen LogP contribution in [-0.2, 0) is 30.6 Å². The lowest BCUT2D eigenvalue weighted by Gasteiger charge is -2.28. The molecule has 0 saturated heterocycles. The smallest absolute Gasteiger partial charge is 0.226 e. The number of nitrogens with one attached hydrogen (secondary N) is 1. The van der Waals surface area contributed by atoms with Crippen molar-refractivity contribution in [3.05, 3.63) is 51.4 Å². The molecule has 2 aliphatic rings. The van der Waals surface area contributed by atoms with Crippen LogP contribution in [0.1, 0.15) is 40.0 Å². The third-order valence-electron chi connectivity index (χ3n) is 5.15. The zero-order valence-corrected chi connectivity index (χ0v) is 15.0. The summed E-state index contributed by atoms with van der Waals surface area (Å²) in [4.78, 5) is 16.0. The van der Waals surface area contributed by atoms with Gasteiger partial charge in [0, 0.05) is 30.9 Å². The van der Waals surface area contributed by atoms with Crippen LogP contribution < -0.4 is 5.32 Å². The van der Waals surface area contributed by atoms with Gasteiger partial charge in [0.05, 0.1) is 5.56 Å². The zero-order valence-electron chi connectivity index (χ0n) is 14.2. The van der Waals surface area contributed by atoms with Gasteiger partial charge in [-0.15, -0.1) is 11.3 Å². The molecule has 5 heteroatoms. The molecule has 0 fully saturated rings. The van der Waals surface area contributed by atoms with E-state index in [0.717, 1.165) is 55.9 Å². The molecule has 2 heterocycles. The van der Waals surface area contributed by atoms with Gasteiger partial charge in [0.25, 0.3) is 0 Å². The lowest BCUT2D eigenvalue weighted by atomic mass is 10.00. The van der Waals surface area contributed by atoms with Crippen molar-refractivity contribution < 1.29 is 4.79 Å². The summed E-state index contributed by atoms with van der Waals surface area (Å²) in [5.74, 6) is 0.00952. The van der Waals surface area contributed by atoms with Crippen LogP contribution in [0.3, 0.4) is 0 Å². The zero-order chi connectivity index (χ0) is 17.2. The molecule has 2 aromatic rings. The average molecular weight is 351 g/mol. The second-order valence-corrected chi connectivity index (χ2v) is 7.87. The Bertz CT molecular complexity index is 849. The summed E-state index contributed by atoms with van der Waals surface area (Å²) in [6.07, 6.45) is 4.65. The highest BCUT2D eigenvalue weighted by Gasteiger charge is 2.23. The minimum Gasteiger partial charge on any atom is -0.317 e. The van der Waals surface area contributed by atoms with Crippen molar-refractivity contribution in [2.75, 3.05) is 18.4 Å². The van der Waals surface area contributed by atoms with Gasteiger partial charge in [-0.25, -0.2) is 0 Å². The monoisotopic (exact) mass is 351 g/mol. The van der Waals surface area contributed by atoms with Gasteiger partial charge in [-0.05, 0) is 42.4 Å². The highest BCUT2D eigenvalue weighted by molar-refractivity contribution is 7.16. The predicted octanol–water partition coefficient (Wildman–Crippen LogP) is 3.50. The molecule has 0 saturated carbocycles. The highest BCUT2D eigenvalue weighted by atomic mass is 32.1. The van der Waals surface area contributed by atoms with Crippen molar-refractivity contribution in [3.63, 3.8) is 0 Å². The third-order valence-corrected chi connectivity index (χ3v) is 6.36. The summed E-state index contributed by atoms with van der Waals surface area (Å²) < 4.78 is 0. The molecule has 4 rings (SSSR count). The van der Waals surface area contributed by atoms with Gasteiger partial charge in [0.2, 0.25) is 5.91 Å². The Hall–Kier alpha value is -2.16. The van der Waals surface area contributed by atoms with Crippen molar-refractivity contribution in [1.82, 2.24) is 4.90 Å². The Morgan fingerprint density at radius 3 is 2.92 bits per heavy atom. The fraction of sp³-hybridized carbons (Fsp3) is 0.400. The molecular formula is C20H21N3OS. The number of rotatable bonds is 4. The van der Waals surface area contributed by atoms with Crippen molar-refractivity contribution in [2.45, 2.75) is 38.6 Å². The molecule has 1 aliphatic carbocycles. The van der Waals surface area contributed by atoms with E-state index in [1.54, 1.807) is 11.3 Å². The van der Waals surface area contributed by atoms with E-state index in [9.17, 15) is 10.1 Å². The maximum atomic E-state index is 12.4. The number of benzene rings is 1. The van der Waals surface area contributed by atoms with Crippen LogP contribution in [0.25, 0.3) is 0 Å². The topological polar surface area (TPSA) is 56.1 Å². The maximum absolute atomic E-state index is 12.4. The number of carbonyl (C=O) groups is 1. The molecule has 0 spiro atoms. The summed E-state index contributed by atoms with van der Waals surface area (Å²) in [7, 11) is 0. The highest BCUT2D eigenvalue weighted by Crippen LogP contribution is 2.38. The minimum atomic E-state index is 0.00952. The van der Waals surface area contributed by atoms with Gasteiger partial charge in [-0.2, -0.15) is 5.26 Å². The fourth-order valence-electron chi connectivity index (χ4n) is 3.80. The molecule has 25 heavy (non-hydrogen) atoms. The van der Waals surface area contributed by atoms with Crippen LogP contribution >= 0.6 is 11.3 Å². The summed E-state index contributed by atoms with van der Waals surface area (Å²) in [5, 5.41) is 13.1. The van der Waals surface area contributed by atoms with Crippen LogP contribution in [-0.4, -0.2) is 23.9 Å². The normalized spacial score (nSPS) is 16.1. The number of anilines is 1. The SMILES string of the molecule is N#Cc1c(NC(=O)CCN2CCc3ccccc3C2)sc2c1CCC2. The lowest BCUT2D eigenvalue weighted by molar-refractivity contribution is -0.116. The van der Waals surface area contributed by atoms with Crippen molar-refractivity contribution in [3.8, 4) is 6.07 Å². The molecule has 1 aromatic heterocycles. The largest absolute Gasteiger partial charge is 0.317 e. The molecule has 0 atom stereocenters. The van der Waals surface area contributed by atoms with E-state index in [4.69, 9.17) is 0 Å². The number of hydrogen-bond donors (Lipinski definition) is 1. The first-order valence-corrected chi connectivity index (χ1v) is 9.70. The van der Waals surface area contributed by atoms with E-state index in [0.29, 0.717) is 12.0 Å². The maximum Gasteiger partial charge on any atom is 0.226 e. The van der Waals surface area contributed by atoms with Gasteiger partial charge in [0.1, 0.15) is 11.1 Å². The van der Waals surface area contributed by atoms with Crippen LogP contribution in [0.4, 0.5) is 5.00 Å². The Kier molecular flexibility index (Phi) is 4.56. The van der Waals surface area contributed by atoms with Crippen molar-refractivity contribution in [2.24, 2.45) is 0 Å². The molecule has 128 valence electrons. The van der Waals surface area contributed by atoms with Gasteiger partial charge < -0.3 is 5.32 Å². The van der Waals surface area contributed by atoms with E-state index in [2.05, 4.69) is 40.6 Å². The molecule has 1 N–H and O–H groups in total. The number of aryl methyl sites for hydroxylation is 1. The summed E-state index contributed by atoms with van der Waals surface area (Å²) in [6, 6.07) is 10.8. The van der Waals surface area contributed by atoms with E-state index in [1.807, 2.05) is 0 Å². The molecule has 0 radical (unpaired) electrons. The third kappa shape index (κ3) is 3.33. The van der Waals surface area contributed by atoms with Gasteiger partial charge in [0.15, 0.2) is 0 Å². The lowest BCUT2D eigenvalue weighted by Crippen LogP contribution is -2.33. The number of nitrogens with zero attached hydrogens (tertiary/aromatic N) is 2. The summed E-state index contributed by atoms with van der Waals surface area (Å²) in [6.45, 7) is 2.67. The van der Waals surface area contributed by atoms with Crippen molar-refractivity contribution >= 4 is 22.2 Å². The first-order chi connectivity index (χ1) is 12.2. The van der Waals surface area contributed by atoms with Gasteiger partial charge >= 0.3 is 0 Å². The molecule has 0 unspecified atom stereocenters. The number of carbonyl (C=O) groups excluding carboxylic acids is 1. The molecule has 1 amide bonds. The van der Waals surface area contributed by atoms with Crippen molar-refractivity contribution in [1.29, 1.82) is 5.26 Å². The second kappa shape index (κ2) is 6.99. The summed E-state index contributed by atoms with van der Waals surface area (Å²) >= 11 is 1.59. The van der Waals surface area contributed by atoms with Crippen LogP contribution in [0.5, 0.6) is 0 Å². The molecule has 0 bridgehead atoms. The van der Waals surface area contributed by atoms with Gasteiger partial charge in [-0.3, -0.25) is 9.69 Å². The molecule has 1 aliphatic heterocycles. The Morgan fingerprint density at radius 1 is 1.24 bits per heavy atom. The molecular weight excluding hydrogens is 330 g/mol. The number of fused-ring (bicyclic) bond motifs is 2. The van der Waals surface area contributed by atoms with E-state index in [1.165, 1.54) is 16.0 Å². The second-order valence-electron chi connectivity index (χ2n) is 6.77. The number of hydrogen-bond acceptors (Lipinski definition) is 4. The Morgan fingerprint density at radius 2 is 2.08 bits per heavy atom. The first kappa shape index (κ1) is 16.3. The average Bonchev–Trinajstić information content (AvgIpc) is 3.20. The van der Waals surface area contributed by atoms with Crippen LogP contribution in [0, 0.1) is 11.3 Å². The number of thiophene rings is 1. The quantitative estimate of drug-likeness (QED) is 0.917. The van der Waals surface area contributed by atoms with E-state index >= 15 is 0 Å². The Balaban J connectivity index is 1.34. The summed E-state index contributed by atoms with van der Waals surface area (Å²) in [5.41, 5.74) is 4.65. The van der Waals surface area contributed by atoms with Gasteiger partial charge in [-0.1, -0.05) is 24.3 Å². The van der Waals surface area contributed by atoms with Crippen LogP contribution in [0.2, 0.25) is 0 Å². The fourth-order valence-corrected chi connectivity index (χ4v) is 5.06.